The molecule has 1 saturated carbocycles. The number of hydrogen-bond donors (Lipinski definition) is 6. The summed E-state index contributed by atoms with van der Waals surface area (Å²) in [6.07, 6.45) is 7.20. The van der Waals surface area contributed by atoms with E-state index in [0.29, 0.717) is 29.6 Å². The third-order valence-corrected chi connectivity index (χ3v) is 10.1. The van der Waals surface area contributed by atoms with E-state index in [1.807, 2.05) is 0 Å². The molecule has 1 saturated heterocycles. The molecule has 0 bridgehead atoms. The fourth-order valence-corrected chi connectivity index (χ4v) is 7.29. The van der Waals surface area contributed by atoms with Crippen molar-refractivity contribution in [3.8, 4) is 0 Å². The van der Waals surface area contributed by atoms with Crippen LogP contribution in [-0.4, -0.2) is 107 Å². The van der Waals surface area contributed by atoms with E-state index in [2.05, 4.69) is 36.2 Å². The molecule has 0 radical (unpaired) electrons. The van der Waals surface area contributed by atoms with E-state index in [1.54, 1.807) is 38.1 Å². The van der Waals surface area contributed by atoms with Crippen LogP contribution in [0.2, 0.25) is 0 Å². The van der Waals surface area contributed by atoms with Crippen molar-refractivity contribution in [3.63, 3.8) is 0 Å². The van der Waals surface area contributed by atoms with Crippen molar-refractivity contribution in [1.29, 1.82) is 0 Å². The Morgan fingerprint density at radius 1 is 0.981 bits per heavy atom. The van der Waals surface area contributed by atoms with Gasteiger partial charge in [0.1, 0.15) is 23.4 Å². The molecule has 1 aliphatic heterocycles. The standard InChI is InChI=1S/C36H48N10O8/c1-36(2,54)29-19-40-44-46(29)22-17-28(33(50)42-25(30(47)31(37)48)14-8-9-15-38-35(52)53)45(20-22)34(51)26(16-21-10-4-3-5-11-21)43-32(49)27-18-39-23-12-6-7-13-24(23)41-27/h6-7,12-13,18-19,21-22,25-26,28,38,54H,3-5,8-11,14-17,20H2,1-2H3,(H2,37,48)(H,42,50)(H,43,49)(H,52,53)/t22-,25?,26?,28-/m0/s1. The zero-order valence-electron chi connectivity index (χ0n) is 30.4. The first-order valence-electron chi connectivity index (χ1n) is 18.3. The third kappa shape index (κ3) is 9.91. The minimum absolute atomic E-state index is 0.00424. The number of likely N-dealkylation sites (tertiary alicyclic amines) is 1. The number of aliphatic hydroxyl groups is 1. The summed E-state index contributed by atoms with van der Waals surface area (Å²) in [5, 5.41) is 35.6. The Morgan fingerprint density at radius 2 is 1.70 bits per heavy atom. The highest BCUT2D eigenvalue weighted by atomic mass is 16.4. The van der Waals surface area contributed by atoms with Gasteiger partial charge in [-0.25, -0.2) is 14.5 Å². The molecule has 2 fully saturated rings. The average Bonchev–Trinajstić information content (AvgIpc) is 3.82. The molecule has 2 aliphatic rings. The number of Topliss-reactive ketones (excluding diaryl/α,β-unsaturated/α-hetero) is 1. The van der Waals surface area contributed by atoms with Crippen LogP contribution in [0.4, 0.5) is 4.79 Å². The number of primary amides is 1. The molecule has 290 valence electrons. The van der Waals surface area contributed by atoms with Crippen molar-refractivity contribution in [2.24, 2.45) is 11.7 Å². The third-order valence-electron chi connectivity index (χ3n) is 10.1. The van der Waals surface area contributed by atoms with Crippen molar-refractivity contribution in [3.05, 3.63) is 48.0 Å². The SMILES string of the molecule is CC(C)(O)c1cnnn1[C@H]1C[C@@H](C(=O)NC(CCCCNC(=O)O)C(=O)C(N)=O)N(C(=O)C(CC2CCCCC2)NC(=O)c2cnc3ccccc3n2)C1. The van der Waals surface area contributed by atoms with Gasteiger partial charge in [0.05, 0.1) is 41.2 Å². The summed E-state index contributed by atoms with van der Waals surface area (Å²) in [6.45, 7) is 3.16. The molecule has 54 heavy (non-hydrogen) atoms. The number of para-hydroxylation sites is 2. The smallest absolute Gasteiger partial charge is 0.404 e. The molecule has 4 atom stereocenters. The van der Waals surface area contributed by atoms with E-state index in [1.165, 1.54) is 22.0 Å². The fraction of sp³-hybridized carbons (Fsp3) is 0.556. The lowest BCUT2D eigenvalue weighted by Crippen LogP contribution is -2.56. The number of ketones is 1. The van der Waals surface area contributed by atoms with Crippen molar-refractivity contribution < 1.29 is 39.0 Å². The molecule has 5 amide bonds. The Kier molecular flexibility index (Phi) is 12.9. The molecule has 0 spiro atoms. The monoisotopic (exact) mass is 748 g/mol. The lowest BCUT2D eigenvalue weighted by Gasteiger charge is -2.32. The minimum atomic E-state index is -1.37. The summed E-state index contributed by atoms with van der Waals surface area (Å²) in [6, 6.07) is 2.86. The minimum Gasteiger partial charge on any atom is -0.465 e. The van der Waals surface area contributed by atoms with Crippen molar-refractivity contribution in [2.75, 3.05) is 13.1 Å². The van der Waals surface area contributed by atoms with Gasteiger partial charge >= 0.3 is 6.09 Å². The summed E-state index contributed by atoms with van der Waals surface area (Å²) >= 11 is 0. The van der Waals surface area contributed by atoms with Gasteiger partial charge < -0.3 is 36.8 Å². The molecule has 3 aromatic rings. The van der Waals surface area contributed by atoms with Crippen LogP contribution in [0.5, 0.6) is 0 Å². The van der Waals surface area contributed by atoms with Gasteiger partial charge in [-0.2, -0.15) is 0 Å². The van der Waals surface area contributed by atoms with Crippen LogP contribution < -0.4 is 21.7 Å². The predicted molar refractivity (Wildman–Crippen MR) is 192 cm³/mol. The van der Waals surface area contributed by atoms with Crippen LogP contribution in [0.15, 0.2) is 36.7 Å². The lowest BCUT2D eigenvalue weighted by atomic mass is 9.84. The molecule has 2 aromatic heterocycles. The van der Waals surface area contributed by atoms with E-state index in [-0.39, 0.29) is 44.0 Å². The number of unbranched alkanes of at least 4 members (excludes halogenated alkanes) is 1. The van der Waals surface area contributed by atoms with E-state index in [0.717, 1.165) is 32.1 Å². The van der Waals surface area contributed by atoms with Gasteiger partial charge in [-0.1, -0.05) is 49.5 Å². The highest BCUT2D eigenvalue weighted by molar-refractivity contribution is 6.37. The second-order valence-corrected chi connectivity index (χ2v) is 14.5. The summed E-state index contributed by atoms with van der Waals surface area (Å²) in [5.41, 5.74) is 5.43. The molecular formula is C36H48N10O8. The second-order valence-electron chi connectivity index (χ2n) is 14.5. The maximum absolute atomic E-state index is 14.7. The quantitative estimate of drug-likeness (QED) is 0.0896. The molecule has 7 N–H and O–H groups in total. The first-order chi connectivity index (χ1) is 25.7. The van der Waals surface area contributed by atoms with Crippen LogP contribution in [0, 0.1) is 5.92 Å². The van der Waals surface area contributed by atoms with Crippen LogP contribution in [0.1, 0.15) is 100 Å². The van der Waals surface area contributed by atoms with Gasteiger partial charge in [0, 0.05) is 19.5 Å². The number of fused-ring (bicyclic) bond motifs is 1. The summed E-state index contributed by atoms with van der Waals surface area (Å²) in [7, 11) is 0. The number of nitrogens with one attached hydrogen (secondary N) is 3. The average molecular weight is 749 g/mol. The summed E-state index contributed by atoms with van der Waals surface area (Å²) in [5.74, 6) is -4.04. The number of carbonyl (C=O) groups is 6. The van der Waals surface area contributed by atoms with E-state index in [4.69, 9.17) is 10.8 Å². The molecule has 18 heteroatoms. The van der Waals surface area contributed by atoms with E-state index >= 15 is 0 Å². The maximum atomic E-state index is 14.7. The Bertz CT molecular complexity index is 1850. The Morgan fingerprint density at radius 3 is 2.39 bits per heavy atom. The fourth-order valence-electron chi connectivity index (χ4n) is 7.29. The van der Waals surface area contributed by atoms with Gasteiger partial charge in [-0.3, -0.25) is 29.0 Å². The molecule has 1 aliphatic carbocycles. The lowest BCUT2D eigenvalue weighted by molar-refractivity contribution is -0.142. The van der Waals surface area contributed by atoms with Crippen LogP contribution in [0.3, 0.4) is 0 Å². The van der Waals surface area contributed by atoms with Crippen molar-refractivity contribution in [2.45, 2.75) is 108 Å². The van der Waals surface area contributed by atoms with Gasteiger partial charge in [-0.15, -0.1) is 5.10 Å². The number of nitrogens with two attached hydrogens (primary N) is 1. The zero-order chi connectivity index (χ0) is 39.0. The van der Waals surface area contributed by atoms with Crippen molar-refractivity contribution >= 4 is 46.5 Å². The van der Waals surface area contributed by atoms with Gasteiger partial charge in [0.25, 0.3) is 11.8 Å². The number of hydrogen-bond acceptors (Lipinski definition) is 11. The Hall–Kier alpha value is -5.52. The maximum Gasteiger partial charge on any atom is 0.404 e. The number of nitrogens with zero attached hydrogens (tertiary/aromatic N) is 6. The zero-order valence-corrected chi connectivity index (χ0v) is 30.4. The second kappa shape index (κ2) is 17.5. The van der Waals surface area contributed by atoms with Gasteiger partial charge in [0.2, 0.25) is 17.6 Å². The Balaban J connectivity index is 1.44. The van der Waals surface area contributed by atoms with Crippen LogP contribution in [-0.2, 0) is 24.8 Å². The highest BCUT2D eigenvalue weighted by Gasteiger charge is 2.45. The van der Waals surface area contributed by atoms with Crippen molar-refractivity contribution in [1.82, 2.24) is 45.8 Å². The number of carboxylic acid groups (broad SMARTS) is 1. The molecule has 1 aromatic carbocycles. The first kappa shape index (κ1) is 39.7. The van der Waals surface area contributed by atoms with Gasteiger partial charge in [-0.05, 0) is 57.6 Å². The summed E-state index contributed by atoms with van der Waals surface area (Å²) in [4.78, 5) is 88.4. The Labute approximate surface area is 311 Å². The molecule has 18 nitrogen and oxygen atoms in total. The molecular weight excluding hydrogens is 700 g/mol. The number of carbonyl (C=O) groups excluding carboxylic acids is 5. The van der Waals surface area contributed by atoms with E-state index < -0.39 is 65.3 Å². The molecule has 5 rings (SSSR count). The number of aromatic nitrogens is 5. The summed E-state index contributed by atoms with van der Waals surface area (Å²) < 4.78 is 1.47. The van der Waals surface area contributed by atoms with Crippen LogP contribution >= 0.6 is 0 Å². The number of rotatable bonds is 16. The topological polar surface area (TPSA) is 265 Å². The van der Waals surface area contributed by atoms with Crippen LogP contribution in [0.25, 0.3) is 11.0 Å². The molecule has 3 heterocycles. The molecule has 2 unspecified atom stereocenters. The highest BCUT2D eigenvalue weighted by Crippen LogP contribution is 2.33. The number of amides is 5. The normalized spacial score (nSPS) is 18.8. The predicted octanol–water partition coefficient (Wildman–Crippen LogP) is 1.34. The number of benzene rings is 1. The van der Waals surface area contributed by atoms with E-state index in [9.17, 15) is 33.9 Å². The van der Waals surface area contributed by atoms with Gasteiger partial charge in [0.15, 0.2) is 0 Å². The largest absolute Gasteiger partial charge is 0.465 e. The first-order valence-corrected chi connectivity index (χ1v) is 18.3.